The average molecular weight is 448 g/mol. The number of carboxylic acids is 1. The number of fused-ring (bicyclic) bond motifs is 1. The van der Waals surface area contributed by atoms with Crippen LogP contribution in [0.5, 0.6) is 5.75 Å². The molecule has 32 heavy (non-hydrogen) atoms. The van der Waals surface area contributed by atoms with Gasteiger partial charge >= 0.3 is 5.97 Å². The Morgan fingerprint density at radius 1 is 1.00 bits per heavy atom. The second kappa shape index (κ2) is 8.32. The minimum absolute atomic E-state index is 0.0585. The van der Waals surface area contributed by atoms with Gasteiger partial charge < -0.3 is 14.7 Å². The molecule has 162 valence electrons. The molecule has 5 rings (SSSR count). The van der Waals surface area contributed by atoms with Crippen molar-refractivity contribution in [3.8, 4) is 5.75 Å². The van der Waals surface area contributed by atoms with Gasteiger partial charge in [0.25, 0.3) is 0 Å². The summed E-state index contributed by atoms with van der Waals surface area (Å²) in [5.41, 5.74) is 3.98. The molecule has 1 saturated carbocycles. The zero-order chi connectivity index (χ0) is 22.2. The molecule has 1 fully saturated rings. The molecule has 0 bridgehead atoms. The van der Waals surface area contributed by atoms with Crippen LogP contribution in [0.1, 0.15) is 40.6 Å². The van der Waals surface area contributed by atoms with E-state index in [0.29, 0.717) is 22.9 Å². The molecule has 1 N–H and O–H groups in total. The molecule has 3 aromatic rings. The number of hydrogen-bond donors (Lipinski definition) is 1. The normalized spacial score (nSPS) is 21.2. The molecule has 0 aromatic heterocycles. The van der Waals surface area contributed by atoms with Crippen molar-refractivity contribution in [2.75, 3.05) is 6.61 Å². The summed E-state index contributed by atoms with van der Waals surface area (Å²) < 4.78 is 5.58. The summed E-state index contributed by atoms with van der Waals surface area (Å²) in [5, 5.41) is 9.59. The van der Waals surface area contributed by atoms with Crippen molar-refractivity contribution in [3.05, 3.63) is 100 Å². The summed E-state index contributed by atoms with van der Waals surface area (Å²) in [4.78, 5) is 26.6. The van der Waals surface area contributed by atoms with Crippen molar-refractivity contribution in [2.45, 2.75) is 24.9 Å². The Morgan fingerprint density at radius 3 is 2.53 bits per heavy atom. The molecule has 1 aliphatic heterocycles. The fourth-order valence-corrected chi connectivity index (χ4v) is 4.86. The second-order valence-corrected chi connectivity index (χ2v) is 8.73. The first-order chi connectivity index (χ1) is 15.5. The number of amides is 1. The van der Waals surface area contributed by atoms with Gasteiger partial charge in [0.2, 0.25) is 5.91 Å². The predicted molar refractivity (Wildman–Crippen MR) is 121 cm³/mol. The Hall–Kier alpha value is -3.31. The third-order valence-electron chi connectivity index (χ3n) is 6.24. The van der Waals surface area contributed by atoms with Crippen molar-refractivity contribution in [1.29, 1.82) is 0 Å². The fourth-order valence-electron chi connectivity index (χ4n) is 4.68. The van der Waals surface area contributed by atoms with E-state index in [0.717, 1.165) is 17.5 Å². The molecule has 6 heteroatoms. The number of aliphatic carboxylic acids is 1. The number of rotatable bonds is 6. The van der Waals surface area contributed by atoms with Crippen molar-refractivity contribution in [3.63, 3.8) is 0 Å². The van der Waals surface area contributed by atoms with Gasteiger partial charge in [-0.05, 0) is 47.2 Å². The smallest absolute Gasteiger partial charge is 0.341 e. The van der Waals surface area contributed by atoms with Crippen LogP contribution in [0.15, 0.2) is 72.8 Å². The van der Waals surface area contributed by atoms with Gasteiger partial charge in [-0.3, -0.25) is 4.79 Å². The summed E-state index contributed by atoms with van der Waals surface area (Å²) >= 11 is 6.32. The highest BCUT2D eigenvalue weighted by atomic mass is 35.5. The van der Waals surface area contributed by atoms with E-state index in [-0.39, 0.29) is 23.8 Å². The van der Waals surface area contributed by atoms with E-state index in [2.05, 4.69) is 12.1 Å². The highest BCUT2D eigenvalue weighted by molar-refractivity contribution is 6.30. The maximum Gasteiger partial charge on any atom is 0.341 e. The zero-order valence-electron chi connectivity index (χ0n) is 17.3. The molecular formula is C26H22ClNO4. The number of benzene rings is 3. The van der Waals surface area contributed by atoms with E-state index in [4.69, 9.17) is 21.4 Å². The van der Waals surface area contributed by atoms with Crippen LogP contribution in [0.25, 0.3) is 0 Å². The first-order valence-electron chi connectivity index (χ1n) is 10.6. The number of hydrogen-bond acceptors (Lipinski definition) is 3. The van der Waals surface area contributed by atoms with Crippen molar-refractivity contribution in [2.24, 2.45) is 5.92 Å². The van der Waals surface area contributed by atoms with Crippen LogP contribution >= 0.6 is 11.6 Å². The Morgan fingerprint density at radius 2 is 1.75 bits per heavy atom. The second-order valence-electron chi connectivity index (χ2n) is 8.29. The van der Waals surface area contributed by atoms with Gasteiger partial charge in [0, 0.05) is 23.0 Å². The molecule has 3 atom stereocenters. The van der Waals surface area contributed by atoms with Gasteiger partial charge in [0.1, 0.15) is 5.75 Å². The standard InChI is InChI=1S/C26H22ClNO4/c27-18-10-11-23(32-15-24(29)30)22(12-18)25-19-9-5-4-8-17(19)14-28(25)26(31)21-13-20(21)16-6-2-1-3-7-16/h1-12,20-21,25H,13-15H2,(H,29,30)/t20-,21+,25?/m0/s1. The SMILES string of the molecule is O=C(O)COc1ccc(Cl)cc1C1c2ccccc2CN1C(=O)[C@@H]1C[C@H]1c1ccccc1. The third kappa shape index (κ3) is 3.84. The third-order valence-corrected chi connectivity index (χ3v) is 6.47. The summed E-state index contributed by atoms with van der Waals surface area (Å²) in [6.45, 7) is 0.0399. The van der Waals surface area contributed by atoms with Crippen LogP contribution in [0.4, 0.5) is 0 Å². The highest BCUT2D eigenvalue weighted by Crippen LogP contribution is 2.51. The predicted octanol–water partition coefficient (Wildman–Crippen LogP) is 5.04. The Kier molecular flexibility index (Phi) is 5.35. The van der Waals surface area contributed by atoms with E-state index in [1.54, 1.807) is 18.2 Å². The molecule has 1 unspecified atom stereocenters. The summed E-state index contributed by atoms with van der Waals surface area (Å²) in [6, 6.07) is 22.8. The lowest BCUT2D eigenvalue weighted by Crippen LogP contribution is -2.32. The first-order valence-corrected chi connectivity index (χ1v) is 11.0. The summed E-state index contributed by atoms with van der Waals surface area (Å²) in [5.74, 6) is -0.364. The number of carboxylic acid groups (broad SMARTS) is 1. The molecule has 0 spiro atoms. The van der Waals surface area contributed by atoms with Gasteiger partial charge in [-0.1, -0.05) is 66.2 Å². The molecule has 5 nitrogen and oxygen atoms in total. The van der Waals surface area contributed by atoms with Crippen molar-refractivity contribution in [1.82, 2.24) is 4.90 Å². The van der Waals surface area contributed by atoms with E-state index in [1.165, 1.54) is 5.56 Å². The monoisotopic (exact) mass is 447 g/mol. The minimum atomic E-state index is -1.06. The van der Waals surface area contributed by atoms with Crippen LogP contribution in [0.3, 0.4) is 0 Å². The number of carbonyl (C=O) groups excluding carboxylic acids is 1. The summed E-state index contributed by atoms with van der Waals surface area (Å²) in [6.07, 6.45) is 0.834. The maximum atomic E-state index is 13.7. The largest absolute Gasteiger partial charge is 0.482 e. The van der Waals surface area contributed by atoms with E-state index < -0.39 is 12.6 Å². The lowest BCUT2D eigenvalue weighted by molar-refractivity contribution is -0.139. The molecule has 0 radical (unpaired) electrons. The molecule has 3 aromatic carbocycles. The van der Waals surface area contributed by atoms with Gasteiger partial charge in [-0.2, -0.15) is 0 Å². The number of nitrogens with zero attached hydrogens (tertiary/aromatic N) is 1. The van der Waals surface area contributed by atoms with Gasteiger partial charge in [0.15, 0.2) is 6.61 Å². The van der Waals surface area contributed by atoms with Crippen molar-refractivity contribution < 1.29 is 19.4 Å². The lowest BCUT2D eigenvalue weighted by Gasteiger charge is -2.28. The maximum absolute atomic E-state index is 13.7. The lowest BCUT2D eigenvalue weighted by atomic mass is 9.97. The topological polar surface area (TPSA) is 66.8 Å². The van der Waals surface area contributed by atoms with Gasteiger partial charge in [-0.15, -0.1) is 0 Å². The summed E-state index contributed by atoms with van der Waals surface area (Å²) in [7, 11) is 0. The van der Waals surface area contributed by atoms with E-state index >= 15 is 0 Å². The molecule has 1 amide bonds. The fraction of sp³-hybridized carbons (Fsp3) is 0.231. The molecule has 1 heterocycles. The number of ether oxygens (including phenoxy) is 1. The molecule has 0 saturated heterocycles. The van der Waals surface area contributed by atoms with Crippen molar-refractivity contribution >= 4 is 23.5 Å². The Labute approximate surface area is 191 Å². The van der Waals surface area contributed by atoms with Crippen LogP contribution < -0.4 is 4.74 Å². The van der Waals surface area contributed by atoms with Crippen LogP contribution in [-0.2, 0) is 16.1 Å². The Bertz CT molecular complexity index is 1180. The highest BCUT2D eigenvalue weighted by Gasteiger charge is 2.49. The first kappa shape index (κ1) is 20.6. The van der Waals surface area contributed by atoms with E-state index in [9.17, 15) is 9.59 Å². The van der Waals surface area contributed by atoms with Crippen LogP contribution in [-0.4, -0.2) is 28.5 Å². The number of halogens is 1. The quantitative estimate of drug-likeness (QED) is 0.575. The average Bonchev–Trinajstić information content (AvgIpc) is 3.51. The van der Waals surface area contributed by atoms with Crippen LogP contribution in [0.2, 0.25) is 5.02 Å². The van der Waals surface area contributed by atoms with Gasteiger partial charge in [-0.25, -0.2) is 4.79 Å². The molecule has 1 aliphatic carbocycles. The zero-order valence-corrected chi connectivity index (χ0v) is 18.0. The van der Waals surface area contributed by atoms with Crippen LogP contribution in [0, 0.1) is 5.92 Å². The minimum Gasteiger partial charge on any atom is -0.482 e. The molecule has 2 aliphatic rings. The Balaban J connectivity index is 1.50. The molecular weight excluding hydrogens is 426 g/mol. The number of carbonyl (C=O) groups is 2. The van der Waals surface area contributed by atoms with Gasteiger partial charge in [0.05, 0.1) is 6.04 Å². The van der Waals surface area contributed by atoms with E-state index in [1.807, 2.05) is 47.4 Å².